The molecule has 134 valence electrons. The van der Waals surface area contributed by atoms with Gasteiger partial charge in [0.05, 0.1) is 5.56 Å². The van der Waals surface area contributed by atoms with Crippen molar-refractivity contribution in [3.05, 3.63) is 29.6 Å². The Bertz CT molecular complexity index is 701. The third kappa shape index (κ3) is 3.72. The summed E-state index contributed by atoms with van der Waals surface area (Å²) in [7, 11) is 0. The van der Waals surface area contributed by atoms with Gasteiger partial charge in [-0.25, -0.2) is 9.18 Å². The number of amides is 3. The number of carbonyl (C=O) groups excluding carboxylic acids is 2. The molecule has 7 nitrogen and oxygen atoms in total. The van der Waals surface area contributed by atoms with Crippen LogP contribution in [0.25, 0.3) is 0 Å². The molecule has 2 aliphatic rings. The molecule has 0 aliphatic carbocycles. The monoisotopic (exact) mass is 349 g/mol. The van der Waals surface area contributed by atoms with Crippen molar-refractivity contribution < 1.29 is 23.9 Å². The van der Waals surface area contributed by atoms with E-state index in [-0.39, 0.29) is 23.9 Å². The summed E-state index contributed by atoms with van der Waals surface area (Å²) in [5.74, 6) is -1.84. The Hall–Kier alpha value is -2.64. The Labute approximate surface area is 144 Å². The van der Waals surface area contributed by atoms with E-state index < -0.39 is 17.7 Å². The van der Waals surface area contributed by atoms with Crippen molar-refractivity contribution in [2.24, 2.45) is 5.92 Å². The number of likely N-dealkylation sites (tertiary alicyclic amines) is 1. The minimum atomic E-state index is -0.840. The van der Waals surface area contributed by atoms with Crippen molar-refractivity contribution in [3.8, 4) is 0 Å². The van der Waals surface area contributed by atoms with Crippen LogP contribution in [0.1, 0.15) is 29.6 Å². The van der Waals surface area contributed by atoms with Gasteiger partial charge in [-0.3, -0.25) is 14.5 Å². The van der Waals surface area contributed by atoms with E-state index in [2.05, 4.69) is 5.32 Å². The zero-order chi connectivity index (χ0) is 18.0. The molecule has 0 aromatic heterocycles. The van der Waals surface area contributed by atoms with Crippen molar-refractivity contribution in [1.82, 2.24) is 10.2 Å². The molecule has 0 saturated carbocycles. The van der Waals surface area contributed by atoms with Crippen molar-refractivity contribution in [1.29, 1.82) is 0 Å². The third-order valence-corrected chi connectivity index (χ3v) is 4.71. The number of carboxylic acids is 1. The Morgan fingerprint density at radius 1 is 1.24 bits per heavy atom. The molecular weight excluding hydrogens is 329 g/mol. The molecule has 1 aromatic carbocycles. The summed E-state index contributed by atoms with van der Waals surface area (Å²) in [6, 6.07) is 3.83. The first kappa shape index (κ1) is 17.2. The van der Waals surface area contributed by atoms with Crippen molar-refractivity contribution in [3.63, 3.8) is 0 Å². The fraction of sp³-hybridized carbons (Fsp3) is 0.471. The number of benzene rings is 1. The summed E-state index contributed by atoms with van der Waals surface area (Å²) < 4.78 is 14.2. The van der Waals surface area contributed by atoms with Crippen LogP contribution in [0, 0.1) is 11.7 Å². The quantitative estimate of drug-likeness (QED) is 0.865. The fourth-order valence-corrected chi connectivity index (χ4v) is 3.32. The van der Waals surface area contributed by atoms with Gasteiger partial charge in [0.1, 0.15) is 5.82 Å². The molecule has 0 atom stereocenters. The SMILES string of the molecule is O=C(O)CC1CCN(C(=O)c2cc(N3CCNC3=O)ccc2F)CC1. The second kappa shape index (κ2) is 7.08. The number of piperidine rings is 1. The number of halogens is 1. The van der Waals surface area contributed by atoms with Gasteiger partial charge in [0, 0.05) is 38.3 Å². The summed E-state index contributed by atoms with van der Waals surface area (Å²) >= 11 is 0. The zero-order valence-electron chi connectivity index (χ0n) is 13.7. The van der Waals surface area contributed by atoms with Crippen LogP contribution in [0.3, 0.4) is 0 Å². The average Bonchev–Trinajstić information content (AvgIpc) is 3.01. The highest BCUT2D eigenvalue weighted by atomic mass is 19.1. The average molecular weight is 349 g/mol. The van der Waals surface area contributed by atoms with Crippen LogP contribution in [0.2, 0.25) is 0 Å². The van der Waals surface area contributed by atoms with E-state index >= 15 is 0 Å². The molecule has 2 heterocycles. The number of rotatable bonds is 4. The molecule has 8 heteroatoms. The van der Waals surface area contributed by atoms with Crippen LogP contribution in [0.4, 0.5) is 14.9 Å². The molecule has 0 bridgehead atoms. The predicted molar refractivity (Wildman–Crippen MR) is 88.0 cm³/mol. The van der Waals surface area contributed by atoms with Crippen LogP contribution < -0.4 is 10.2 Å². The molecule has 2 N–H and O–H groups in total. The topological polar surface area (TPSA) is 89.9 Å². The number of hydrogen-bond donors (Lipinski definition) is 2. The predicted octanol–water partition coefficient (Wildman–Crippen LogP) is 1.68. The Balaban J connectivity index is 1.72. The first-order valence-electron chi connectivity index (χ1n) is 8.31. The maximum Gasteiger partial charge on any atom is 0.321 e. The molecule has 2 saturated heterocycles. The molecule has 0 radical (unpaired) electrons. The van der Waals surface area contributed by atoms with Crippen LogP contribution in [0.5, 0.6) is 0 Å². The fourth-order valence-electron chi connectivity index (χ4n) is 3.32. The Morgan fingerprint density at radius 2 is 1.96 bits per heavy atom. The van der Waals surface area contributed by atoms with Gasteiger partial charge in [-0.2, -0.15) is 0 Å². The molecule has 25 heavy (non-hydrogen) atoms. The number of anilines is 1. The standard InChI is InChI=1S/C17H20FN3O4/c18-14-2-1-12(21-8-5-19-17(21)25)10-13(14)16(24)20-6-3-11(4-7-20)9-15(22)23/h1-2,10-11H,3-9H2,(H,19,25)(H,22,23). The number of urea groups is 1. The van der Waals surface area contributed by atoms with Gasteiger partial charge in [-0.1, -0.05) is 0 Å². The van der Waals surface area contributed by atoms with Gasteiger partial charge in [0.15, 0.2) is 0 Å². The molecule has 3 amide bonds. The molecule has 3 rings (SSSR count). The highest BCUT2D eigenvalue weighted by Crippen LogP contribution is 2.25. The summed E-state index contributed by atoms with van der Waals surface area (Å²) in [4.78, 5) is 38.2. The second-order valence-corrected chi connectivity index (χ2v) is 6.38. The Morgan fingerprint density at radius 3 is 2.56 bits per heavy atom. The van der Waals surface area contributed by atoms with Crippen molar-refractivity contribution in [2.75, 3.05) is 31.1 Å². The van der Waals surface area contributed by atoms with Crippen LogP contribution in [0.15, 0.2) is 18.2 Å². The molecule has 2 fully saturated rings. The van der Waals surface area contributed by atoms with Crippen LogP contribution in [-0.4, -0.2) is 54.1 Å². The lowest BCUT2D eigenvalue weighted by Crippen LogP contribution is -2.39. The summed E-state index contributed by atoms with van der Waals surface area (Å²) in [6.07, 6.45) is 1.28. The minimum absolute atomic E-state index is 0.0472. The summed E-state index contributed by atoms with van der Waals surface area (Å²) in [6.45, 7) is 1.80. The number of hydrogen-bond acceptors (Lipinski definition) is 3. The van der Waals surface area contributed by atoms with Crippen molar-refractivity contribution >= 4 is 23.6 Å². The second-order valence-electron chi connectivity index (χ2n) is 6.38. The van der Waals surface area contributed by atoms with E-state index in [1.165, 1.54) is 23.1 Å². The normalized spacial score (nSPS) is 18.4. The number of aliphatic carboxylic acids is 1. The number of carbonyl (C=O) groups is 3. The van der Waals surface area contributed by atoms with Crippen molar-refractivity contribution in [2.45, 2.75) is 19.3 Å². The van der Waals surface area contributed by atoms with E-state index in [1.807, 2.05) is 0 Å². The summed E-state index contributed by atoms with van der Waals surface area (Å²) in [5.41, 5.74) is 0.425. The van der Waals surface area contributed by atoms with E-state index in [0.29, 0.717) is 44.7 Å². The smallest absolute Gasteiger partial charge is 0.321 e. The maximum atomic E-state index is 14.2. The van der Waals surface area contributed by atoms with E-state index in [1.54, 1.807) is 4.90 Å². The van der Waals surface area contributed by atoms with Gasteiger partial charge in [-0.15, -0.1) is 0 Å². The number of nitrogens with one attached hydrogen (secondary N) is 1. The molecular formula is C17H20FN3O4. The summed E-state index contributed by atoms with van der Waals surface area (Å²) in [5, 5.41) is 11.5. The van der Waals surface area contributed by atoms with Crippen LogP contribution >= 0.6 is 0 Å². The molecule has 0 unspecified atom stereocenters. The molecule has 1 aromatic rings. The molecule has 0 spiro atoms. The van der Waals surface area contributed by atoms with E-state index in [9.17, 15) is 18.8 Å². The molecule has 2 aliphatic heterocycles. The first-order chi connectivity index (χ1) is 12.0. The minimum Gasteiger partial charge on any atom is -0.481 e. The van der Waals surface area contributed by atoms with E-state index in [0.717, 1.165) is 0 Å². The zero-order valence-corrected chi connectivity index (χ0v) is 13.7. The lowest BCUT2D eigenvalue weighted by atomic mass is 9.93. The lowest BCUT2D eigenvalue weighted by molar-refractivity contribution is -0.138. The van der Waals surface area contributed by atoms with E-state index in [4.69, 9.17) is 5.11 Å². The van der Waals surface area contributed by atoms with Gasteiger partial charge < -0.3 is 15.3 Å². The van der Waals surface area contributed by atoms with Gasteiger partial charge >= 0.3 is 12.0 Å². The highest BCUT2D eigenvalue weighted by molar-refractivity contribution is 5.98. The largest absolute Gasteiger partial charge is 0.481 e. The lowest BCUT2D eigenvalue weighted by Gasteiger charge is -2.31. The number of nitrogens with zero attached hydrogens (tertiary/aromatic N) is 2. The Kier molecular flexibility index (Phi) is 4.87. The van der Waals surface area contributed by atoms with Gasteiger partial charge in [0.25, 0.3) is 5.91 Å². The maximum absolute atomic E-state index is 14.2. The number of carboxylic acid groups (broad SMARTS) is 1. The van der Waals surface area contributed by atoms with Gasteiger partial charge in [0.2, 0.25) is 0 Å². The van der Waals surface area contributed by atoms with Gasteiger partial charge in [-0.05, 0) is 37.0 Å². The van der Waals surface area contributed by atoms with Crippen LogP contribution in [-0.2, 0) is 4.79 Å². The third-order valence-electron chi connectivity index (χ3n) is 4.71. The first-order valence-corrected chi connectivity index (χ1v) is 8.31. The highest BCUT2D eigenvalue weighted by Gasteiger charge is 2.28.